The predicted octanol–water partition coefficient (Wildman–Crippen LogP) is 5.77. The second-order valence-electron chi connectivity index (χ2n) is 20.1. The predicted molar refractivity (Wildman–Crippen MR) is 323 cm³/mol. The van der Waals surface area contributed by atoms with E-state index in [2.05, 4.69) is 60.5 Å². The summed E-state index contributed by atoms with van der Waals surface area (Å²) in [5.41, 5.74) is 5.25. The molecule has 458 valence electrons. The van der Waals surface area contributed by atoms with Gasteiger partial charge in [-0.1, -0.05) is 23.7 Å². The van der Waals surface area contributed by atoms with E-state index in [1.807, 2.05) is 42.8 Å². The second-order valence-corrected chi connectivity index (χ2v) is 21.7. The van der Waals surface area contributed by atoms with Gasteiger partial charge in [-0.15, -0.1) is 21.5 Å². The van der Waals surface area contributed by atoms with Gasteiger partial charge in [0.2, 0.25) is 17.7 Å². The first kappa shape index (κ1) is 65.2. The number of thiophene rings is 1. The molecule has 5 heterocycles. The molecule has 2 aromatic carbocycles. The molecule has 0 unspecified atom stereocenters. The van der Waals surface area contributed by atoms with E-state index in [9.17, 15) is 24.0 Å². The molecular weight excluding hydrogens is 1130 g/mol. The van der Waals surface area contributed by atoms with Crippen molar-refractivity contribution in [3.05, 3.63) is 123 Å². The van der Waals surface area contributed by atoms with Gasteiger partial charge < -0.3 is 69.0 Å². The highest BCUT2D eigenvalue weighted by molar-refractivity contribution is 7.15. The van der Waals surface area contributed by atoms with Crippen LogP contribution < -0.4 is 31.3 Å². The van der Waals surface area contributed by atoms with Crippen LogP contribution in [-0.4, -0.2) is 181 Å². The number of hydrogen-bond donors (Lipinski definition) is 5. The van der Waals surface area contributed by atoms with Gasteiger partial charge in [0.1, 0.15) is 34.9 Å². The van der Waals surface area contributed by atoms with Crippen molar-refractivity contribution in [1.82, 2.24) is 49.7 Å². The Morgan fingerprint density at radius 3 is 1.91 bits per heavy atom. The van der Waals surface area contributed by atoms with E-state index < -0.39 is 6.04 Å². The molecule has 0 spiro atoms. The summed E-state index contributed by atoms with van der Waals surface area (Å²) in [5.74, 6) is 1.04. The number of hydrogen-bond acceptors (Lipinski definition) is 17. The van der Waals surface area contributed by atoms with Crippen molar-refractivity contribution in [2.45, 2.75) is 58.9 Å². The molecule has 5 N–H and O–H groups in total. The number of carbonyl (C=O) groups is 5. The molecule has 26 heteroatoms. The van der Waals surface area contributed by atoms with Gasteiger partial charge in [-0.05, 0) is 102 Å². The number of anilines is 2. The van der Waals surface area contributed by atoms with E-state index in [1.54, 1.807) is 77.3 Å². The van der Waals surface area contributed by atoms with Crippen molar-refractivity contribution in [2.24, 2.45) is 19.1 Å². The highest BCUT2D eigenvalue weighted by Crippen LogP contribution is 2.40. The van der Waals surface area contributed by atoms with Crippen molar-refractivity contribution in [3.8, 4) is 10.8 Å². The number of aryl methyl sites for hydroxylation is 4. The lowest BCUT2D eigenvalue weighted by Gasteiger charge is -2.17. The Labute approximate surface area is 504 Å². The number of imidazole rings is 1. The SMILES string of the molecule is Cc1sc2c(c1C)C(c1ccc(Cl)cc1)=N[C@@H](CC(=O)Nc1ccc(OCCOCCOCCOCCOCCOCCC(=O)NCCCN(C)CCCNC(=O)CCNC(=O)c3cc(NC(=O)c4nccn4C)cn3C)cc1)c1nnc(C)n1-2. The normalized spacial score (nSPS) is 12.8. The molecule has 85 heavy (non-hydrogen) atoms. The molecule has 7 rings (SSSR count). The van der Waals surface area contributed by atoms with E-state index in [0.717, 1.165) is 59.2 Å². The van der Waals surface area contributed by atoms with Gasteiger partial charge in [-0.2, -0.15) is 0 Å². The van der Waals surface area contributed by atoms with Gasteiger partial charge in [0.15, 0.2) is 11.6 Å². The molecule has 4 aromatic heterocycles. The molecule has 24 nitrogen and oxygen atoms in total. The number of fused-ring (bicyclic) bond motifs is 3. The molecule has 6 aromatic rings. The molecule has 0 saturated carbocycles. The number of nitrogens with one attached hydrogen (secondary N) is 5. The molecule has 0 fully saturated rings. The fraction of sp³-hybridized carbons (Fsp3) is 0.475. The number of aromatic nitrogens is 6. The highest BCUT2D eigenvalue weighted by Gasteiger charge is 2.32. The average Bonchev–Trinajstić information content (AvgIpc) is 1.80. The van der Waals surface area contributed by atoms with E-state index in [-0.39, 0.29) is 61.2 Å². The number of aliphatic imine (C=N–C) groups is 1. The summed E-state index contributed by atoms with van der Waals surface area (Å²) in [5, 5.41) is 24.8. The molecule has 1 aliphatic heterocycles. The van der Waals surface area contributed by atoms with Crippen molar-refractivity contribution < 1.29 is 52.4 Å². The van der Waals surface area contributed by atoms with Gasteiger partial charge in [0.05, 0.1) is 83.9 Å². The molecule has 5 amide bonds. The van der Waals surface area contributed by atoms with Crippen LogP contribution in [0.25, 0.3) is 5.00 Å². The second kappa shape index (κ2) is 34.0. The molecular formula is C59H78ClN13O11S. The van der Waals surface area contributed by atoms with Crippen LogP contribution in [0.3, 0.4) is 0 Å². The van der Waals surface area contributed by atoms with Gasteiger partial charge in [0, 0.05) is 91.9 Å². The number of carbonyl (C=O) groups excluding carboxylic acids is 5. The lowest BCUT2D eigenvalue weighted by Crippen LogP contribution is -2.33. The summed E-state index contributed by atoms with van der Waals surface area (Å²) in [6.07, 6.45) is 6.82. The Kier molecular flexibility index (Phi) is 26.0. The molecule has 1 aliphatic rings. The van der Waals surface area contributed by atoms with Crippen LogP contribution >= 0.6 is 22.9 Å². The topological polar surface area (TPSA) is 270 Å². The van der Waals surface area contributed by atoms with E-state index in [0.29, 0.717) is 119 Å². The van der Waals surface area contributed by atoms with Crippen molar-refractivity contribution in [1.29, 1.82) is 0 Å². The first-order valence-electron chi connectivity index (χ1n) is 28.4. The zero-order valence-corrected chi connectivity index (χ0v) is 50.8. The summed E-state index contributed by atoms with van der Waals surface area (Å²) in [4.78, 5) is 75.8. The lowest BCUT2D eigenvalue weighted by molar-refractivity contribution is -0.122. The smallest absolute Gasteiger partial charge is 0.291 e. The van der Waals surface area contributed by atoms with Crippen LogP contribution in [0.5, 0.6) is 5.75 Å². The van der Waals surface area contributed by atoms with Gasteiger partial charge in [0.25, 0.3) is 11.8 Å². The Morgan fingerprint density at radius 2 is 1.28 bits per heavy atom. The summed E-state index contributed by atoms with van der Waals surface area (Å²) in [6, 6.07) is 15.8. The Morgan fingerprint density at radius 1 is 0.671 bits per heavy atom. The Hall–Kier alpha value is -7.36. The average molecular weight is 1210 g/mol. The van der Waals surface area contributed by atoms with Crippen molar-refractivity contribution in [3.63, 3.8) is 0 Å². The maximum atomic E-state index is 13.5. The fourth-order valence-electron chi connectivity index (χ4n) is 8.97. The summed E-state index contributed by atoms with van der Waals surface area (Å²) in [6.45, 7) is 13.2. The molecule has 0 radical (unpaired) electrons. The third kappa shape index (κ3) is 20.4. The zero-order chi connectivity index (χ0) is 60.5. The number of ether oxygens (including phenoxy) is 6. The molecule has 0 saturated heterocycles. The van der Waals surface area contributed by atoms with Gasteiger partial charge in [-0.3, -0.25) is 33.5 Å². The third-order valence-corrected chi connectivity index (χ3v) is 15.0. The quantitative estimate of drug-likeness (QED) is 0.0290. The first-order valence-corrected chi connectivity index (χ1v) is 29.6. The summed E-state index contributed by atoms with van der Waals surface area (Å²) >= 11 is 7.91. The standard InChI is InChI=1S/C59H78ClN13O11S/c1-40-41(2)85-59-53(40)54(43-9-11-44(60)12-10-43)67-48(55-69-68-42(3)73(55)59)38-52(76)65-45-13-15-47(16-14-45)84-36-35-83-34-33-82-32-31-81-30-29-80-28-27-79-26-18-51(75)62-20-8-24-70(4)23-7-19-61-50(74)17-21-64-57(77)49-37-46(39-72(49)6)66-58(78)56-63-22-25-71(56)5/h9-16,22,25,37,39,48H,7-8,17-21,23-24,26-36,38H2,1-6H3,(H,61,74)(H,62,75)(H,64,77)(H,65,76)(H,66,78)/t48-/m0/s1. The molecule has 0 aliphatic carbocycles. The minimum absolute atomic E-state index is 0.0577. The van der Waals surface area contributed by atoms with E-state index in [1.165, 1.54) is 11.1 Å². The number of amides is 5. The van der Waals surface area contributed by atoms with Crippen LogP contribution in [0.4, 0.5) is 11.4 Å². The number of benzene rings is 2. The van der Waals surface area contributed by atoms with E-state index in [4.69, 9.17) is 45.0 Å². The molecule has 0 bridgehead atoms. The van der Waals surface area contributed by atoms with Crippen LogP contribution in [0.2, 0.25) is 5.02 Å². The summed E-state index contributed by atoms with van der Waals surface area (Å²) in [7, 11) is 5.41. The minimum Gasteiger partial charge on any atom is -0.491 e. The maximum Gasteiger partial charge on any atom is 0.291 e. The van der Waals surface area contributed by atoms with Gasteiger partial charge in [-0.25, -0.2) is 4.98 Å². The minimum atomic E-state index is -0.584. The van der Waals surface area contributed by atoms with Crippen molar-refractivity contribution in [2.75, 3.05) is 123 Å². The molecule has 1 atom stereocenters. The number of halogens is 1. The highest BCUT2D eigenvalue weighted by atomic mass is 35.5. The van der Waals surface area contributed by atoms with Gasteiger partial charge >= 0.3 is 0 Å². The number of rotatable bonds is 37. The largest absolute Gasteiger partial charge is 0.491 e. The Bertz CT molecular complexity index is 3160. The van der Waals surface area contributed by atoms with Crippen LogP contribution in [0, 0.1) is 20.8 Å². The monoisotopic (exact) mass is 1210 g/mol. The third-order valence-electron chi connectivity index (χ3n) is 13.6. The zero-order valence-electron chi connectivity index (χ0n) is 49.2. The lowest BCUT2D eigenvalue weighted by atomic mass is 9.99. The summed E-state index contributed by atoms with van der Waals surface area (Å²) < 4.78 is 39.0. The van der Waals surface area contributed by atoms with Crippen LogP contribution in [0.15, 0.2) is 78.2 Å². The number of nitrogens with zero attached hydrogens (tertiary/aromatic N) is 8. The van der Waals surface area contributed by atoms with E-state index >= 15 is 0 Å². The fourth-order valence-corrected chi connectivity index (χ4v) is 10.3. The first-order chi connectivity index (χ1) is 41.1. The maximum absolute atomic E-state index is 13.5. The van der Waals surface area contributed by atoms with Crippen LogP contribution in [-0.2, 0) is 52.2 Å². The Balaban J connectivity index is 0.616. The van der Waals surface area contributed by atoms with Crippen molar-refractivity contribution >= 4 is 69.6 Å². The van der Waals surface area contributed by atoms with Crippen LogP contribution in [0.1, 0.15) is 92.5 Å².